The van der Waals surface area contributed by atoms with Crippen LogP contribution in [0.1, 0.15) is 21.5 Å². The van der Waals surface area contributed by atoms with Crippen LogP contribution in [-0.4, -0.2) is 5.78 Å². The second-order valence-electron chi connectivity index (χ2n) is 4.19. The van der Waals surface area contributed by atoms with Crippen LogP contribution in [0.25, 0.3) is 0 Å². The number of hydrogen-bond donors (Lipinski definition) is 0. The highest BCUT2D eigenvalue weighted by Crippen LogP contribution is 2.17. The fourth-order valence-corrected chi connectivity index (χ4v) is 2.39. The van der Waals surface area contributed by atoms with E-state index in [4.69, 9.17) is 0 Å². The van der Waals surface area contributed by atoms with E-state index in [1.165, 1.54) is 12.1 Å². The van der Waals surface area contributed by atoms with Gasteiger partial charge in [-0.3, -0.25) is 4.79 Å². The zero-order valence-electron chi connectivity index (χ0n) is 9.91. The Balaban J connectivity index is 2.24. The lowest BCUT2D eigenvalue weighted by Gasteiger charge is -2.05. The molecule has 0 radical (unpaired) electrons. The first-order valence-electron chi connectivity index (χ1n) is 5.60. The highest BCUT2D eigenvalue weighted by molar-refractivity contribution is 9.10. The molecule has 2 aromatic carbocycles. The van der Waals surface area contributed by atoms with Crippen LogP contribution in [0.4, 0.5) is 4.39 Å². The second kappa shape index (κ2) is 5.44. The first-order valence-corrected chi connectivity index (χ1v) is 6.39. The van der Waals surface area contributed by atoms with Crippen LogP contribution >= 0.6 is 15.9 Å². The van der Waals surface area contributed by atoms with Gasteiger partial charge in [-0.2, -0.15) is 0 Å². The molecule has 1 nitrogen and oxygen atoms in total. The number of halogens is 2. The molecule has 0 aliphatic carbocycles. The van der Waals surface area contributed by atoms with Crippen molar-refractivity contribution in [2.45, 2.75) is 13.3 Å². The predicted molar refractivity (Wildman–Crippen MR) is 73.3 cm³/mol. The molecule has 0 amide bonds. The van der Waals surface area contributed by atoms with E-state index in [1.54, 1.807) is 12.1 Å². The van der Waals surface area contributed by atoms with E-state index in [1.807, 2.05) is 25.1 Å². The topological polar surface area (TPSA) is 17.1 Å². The molecule has 0 atom stereocenters. The molecule has 2 rings (SSSR count). The molecule has 0 saturated carbocycles. The first-order chi connectivity index (χ1) is 8.56. The molecule has 92 valence electrons. The molecule has 3 heteroatoms. The van der Waals surface area contributed by atoms with Gasteiger partial charge in [0.05, 0.1) is 0 Å². The standard InChI is InChI=1S/C15H12BrFO/c1-10-4-2-3-5-14(10)15(18)8-11-6-12(16)9-13(17)7-11/h2-7,9H,8H2,1H3. The number of Topliss-reactive ketones (excluding diaryl/α,β-unsaturated/α-hetero) is 1. The van der Waals surface area contributed by atoms with Gasteiger partial charge in [0, 0.05) is 16.5 Å². The van der Waals surface area contributed by atoms with E-state index >= 15 is 0 Å². The third-order valence-corrected chi connectivity index (χ3v) is 3.19. The Kier molecular flexibility index (Phi) is 3.92. The highest BCUT2D eigenvalue weighted by atomic mass is 79.9. The summed E-state index contributed by atoms with van der Waals surface area (Å²) in [5.41, 5.74) is 2.31. The molecule has 0 aliphatic rings. The minimum Gasteiger partial charge on any atom is -0.294 e. The number of benzene rings is 2. The van der Waals surface area contributed by atoms with Crippen molar-refractivity contribution in [1.82, 2.24) is 0 Å². The van der Waals surface area contributed by atoms with Crippen molar-refractivity contribution in [3.05, 3.63) is 69.4 Å². The third kappa shape index (κ3) is 3.05. The quantitative estimate of drug-likeness (QED) is 0.772. The summed E-state index contributed by atoms with van der Waals surface area (Å²) in [6, 6.07) is 12.0. The maximum absolute atomic E-state index is 13.2. The smallest absolute Gasteiger partial charge is 0.167 e. The average Bonchev–Trinajstić information content (AvgIpc) is 2.27. The molecule has 0 N–H and O–H groups in total. The van der Waals surface area contributed by atoms with Crippen molar-refractivity contribution in [3.8, 4) is 0 Å². The summed E-state index contributed by atoms with van der Waals surface area (Å²) in [5.74, 6) is -0.331. The first kappa shape index (κ1) is 13.0. The monoisotopic (exact) mass is 306 g/mol. The Bertz CT molecular complexity index is 573. The summed E-state index contributed by atoms with van der Waals surface area (Å²) >= 11 is 3.22. The molecule has 0 aromatic heterocycles. The second-order valence-corrected chi connectivity index (χ2v) is 5.11. The van der Waals surface area contributed by atoms with Crippen molar-refractivity contribution >= 4 is 21.7 Å². The summed E-state index contributed by atoms with van der Waals surface area (Å²) in [4.78, 5) is 12.1. The Morgan fingerprint density at radius 1 is 1.22 bits per heavy atom. The van der Waals surface area contributed by atoms with E-state index < -0.39 is 0 Å². The third-order valence-electron chi connectivity index (χ3n) is 2.73. The summed E-state index contributed by atoms with van der Waals surface area (Å²) in [5, 5.41) is 0. The van der Waals surface area contributed by atoms with E-state index in [-0.39, 0.29) is 18.0 Å². The Morgan fingerprint density at radius 3 is 2.61 bits per heavy atom. The molecular formula is C15H12BrFO. The molecular weight excluding hydrogens is 295 g/mol. The minimum absolute atomic E-state index is 0.00519. The van der Waals surface area contributed by atoms with Gasteiger partial charge < -0.3 is 0 Å². The van der Waals surface area contributed by atoms with Gasteiger partial charge in [-0.1, -0.05) is 40.2 Å². The molecule has 0 aliphatic heterocycles. The molecule has 18 heavy (non-hydrogen) atoms. The van der Waals surface area contributed by atoms with Crippen LogP contribution in [0.15, 0.2) is 46.9 Å². The summed E-state index contributed by atoms with van der Waals surface area (Å²) in [6.07, 6.45) is 0.210. The summed E-state index contributed by atoms with van der Waals surface area (Å²) in [6.45, 7) is 1.90. The number of carbonyl (C=O) groups excluding carboxylic acids is 1. The molecule has 2 aromatic rings. The van der Waals surface area contributed by atoms with Crippen molar-refractivity contribution in [3.63, 3.8) is 0 Å². The lowest BCUT2D eigenvalue weighted by molar-refractivity contribution is 0.0992. The maximum atomic E-state index is 13.2. The molecule has 0 saturated heterocycles. The van der Waals surface area contributed by atoms with Crippen molar-refractivity contribution in [1.29, 1.82) is 0 Å². The fourth-order valence-electron chi connectivity index (χ4n) is 1.88. The average molecular weight is 307 g/mol. The molecule has 0 heterocycles. The molecule has 0 fully saturated rings. The summed E-state index contributed by atoms with van der Waals surface area (Å²) in [7, 11) is 0. The Morgan fingerprint density at radius 2 is 1.94 bits per heavy atom. The van der Waals surface area contributed by atoms with Crippen LogP contribution in [0.3, 0.4) is 0 Å². The number of ketones is 1. The van der Waals surface area contributed by atoms with Crippen LogP contribution in [0.2, 0.25) is 0 Å². The molecule has 0 bridgehead atoms. The van der Waals surface area contributed by atoms with Gasteiger partial charge in [0.25, 0.3) is 0 Å². The van der Waals surface area contributed by atoms with Gasteiger partial charge in [-0.05, 0) is 36.2 Å². The lowest BCUT2D eigenvalue weighted by atomic mass is 9.99. The number of hydrogen-bond acceptors (Lipinski definition) is 1. The van der Waals surface area contributed by atoms with Gasteiger partial charge >= 0.3 is 0 Å². The summed E-state index contributed by atoms with van der Waals surface area (Å²) < 4.78 is 13.9. The predicted octanol–water partition coefficient (Wildman–Crippen LogP) is 4.32. The zero-order chi connectivity index (χ0) is 13.1. The Labute approximate surface area is 114 Å². The number of aryl methyl sites for hydroxylation is 1. The van der Waals surface area contributed by atoms with Crippen LogP contribution < -0.4 is 0 Å². The van der Waals surface area contributed by atoms with Crippen LogP contribution in [0.5, 0.6) is 0 Å². The van der Waals surface area contributed by atoms with Crippen LogP contribution in [-0.2, 0) is 6.42 Å². The highest BCUT2D eigenvalue weighted by Gasteiger charge is 2.10. The van der Waals surface area contributed by atoms with Crippen molar-refractivity contribution < 1.29 is 9.18 Å². The van der Waals surface area contributed by atoms with E-state index in [0.29, 0.717) is 15.6 Å². The van der Waals surface area contributed by atoms with Crippen molar-refractivity contribution in [2.24, 2.45) is 0 Å². The van der Waals surface area contributed by atoms with E-state index in [9.17, 15) is 9.18 Å². The minimum atomic E-state index is -0.336. The largest absolute Gasteiger partial charge is 0.294 e. The normalized spacial score (nSPS) is 10.4. The zero-order valence-corrected chi connectivity index (χ0v) is 11.5. The molecule has 0 unspecified atom stereocenters. The van der Waals surface area contributed by atoms with Gasteiger partial charge in [-0.25, -0.2) is 4.39 Å². The van der Waals surface area contributed by atoms with E-state index in [0.717, 1.165) is 5.56 Å². The van der Waals surface area contributed by atoms with Gasteiger partial charge in [0.2, 0.25) is 0 Å². The fraction of sp³-hybridized carbons (Fsp3) is 0.133. The Hall–Kier alpha value is -1.48. The van der Waals surface area contributed by atoms with Crippen molar-refractivity contribution in [2.75, 3.05) is 0 Å². The van der Waals surface area contributed by atoms with Gasteiger partial charge in [0.15, 0.2) is 5.78 Å². The van der Waals surface area contributed by atoms with Gasteiger partial charge in [0.1, 0.15) is 5.82 Å². The van der Waals surface area contributed by atoms with Crippen LogP contribution in [0, 0.1) is 12.7 Å². The van der Waals surface area contributed by atoms with Gasteiger partial charge in [-0.15, -0.1) is 0 Å². The molecule has 0 spiro atoms. The number of carbonyl (C=O) groups is 1. The SMILES string of the molecule is Cc1ccccc1C(=O)Cc1cc(F)cc(Br)c1. The number of rotatable bonds is 3. The van der Waals surface area contributed by atoms with E-state index in [2.05, 4.69) is 15.9 Å². The maximum Gasteiger partial charge on any atom is 0.167 e. The lowest BCUT2D eigenvalue weighted by Crippen LogP contribution is -2.05.